The van der Waals surface area contributed by atoms with E-state index in [-0.39, 0.29) is 39.9 Å². The topological polar surface area (TPSA) is 196 Å². The number of aromatic carboxylic acids is 1. The molecule has 16 heteroatoms. The summed E-state index contributed by atoms with van der Waals surface area (Å²) in [7, 11) is 0. The van der Waals surface area contributed by atoms with Crippen LogP contribution in [-0.4, -0.2) is 76.7 Å². The molecule has 0 radical (unpaired) electrons. The van der Waals surface area contributed by atoms with Crippen LogP contribution in [0.15, 0.2) is 41.5 Å². The first-order valence-electron chi connectivity index (χ1n) is 11.3. The van der Waals surface area contributed by atoms with E-state index in [4.69, 9.17) is 26.8 Å². The number of aliphatic hydroxyl groups excluding tert-OH is 1. The van der Waals surface area contributed by atoms with Crippen LogP contribution in [0.25, 0.3) is 11.2 Å². The van der Waals surface area contributed by atoms with E-state index in [0.717, 1.165) is 11.3 Å². The molecule has 0 amide bonds. The van der Waals surface area contributed by atoms with Gasteiger partial charge in [-0.05, 0) is 29.3 Å². The quantitative estimate of drug-likeness (QED) is 0.211. The van der Waals surface area contributed by atoms with Crippen LogP contribution in [0.4, 0.5) is 10.2 Å². The van der Waals surface area contributed by atoms with E-state index in [1.807, 2.05) is 0 Å². The first-order valence-corrected chi connectivity index (χ1v) is 12.6. The van der Waals surface area contributed by atoms with Crippen molar-refractivity contribution in [3.63, 3.8) is 0 Å². The Kier molecular flexibility index (Phi) is 7.17. The minimum Gasteiger partial charge on any atom is -0.479 e. The van der Waals surface area contributed by atoms with E-state index in [1.54, 1.807) is 6.07 Å². The number of nitrogen functional groups attached to an aromatic ring is 1. The van der Waals surface area contributed by atoms with E-state index < -0.39 is 48.8 Å². The van der Waals surface area contributed by atoms with Crippen molar-refractivity contribution >= 4 is 51.9 Å². The molecule has 1 aliphatic heterocycles. The van der Waals surface area contributed by atoms with Crippen molar-refractivity contribution in [3.8, 4) is 0 Å². The number of carboxylic acid groups (broad SMARTS) is 2. The van der Waals surface area contributed by atoms with Gasteiger partial charge in [-0.2, -0.15) is 9.97 Å². The molecule has 1 fully saturated rings. The summed E-state index contributed by atoms with van der Waals surface area (Å²) < 4.78 is 28.1. The molecule has 0 saturated carbocycles. The third kappa shape index (κ3) is 4.90. The van der Waals surface area contributed by atoms with E-state index in [1.165, 1.54) is 40.0 Å². The van der Waals surface area contributed by atoms with Gasteiger partial charge in [0, 0.05) is 11.8 Å². The highest BCUT2D eigenvalue weighted by Gasteiger charge is 2.49. The summed E-state index contributed by atoms with van der Waals surface area (Å²) >= 11 is 7.02. The lowest BCUT2D eigenvalue weighted by Gasteiger charge is -2.30. The molecule has 5 N–H and O–H groups in total. The largest absolute Gasteiger partial charge is 0.479 e. The molecule has 39 heavy (non-hydrogen) atoms. The van der Waals surface area contributed by atoms with E-state index >= 15 is 4.39 Å². The Bertz CT molecular complexity index is 1540. The van der Waals surface area contributed by atoms with Crippen molar-refractivity contribution in [2.45, 2.75) is 36.6 Å². The Morgan fingerprint density at radius 2 is 2.08 bits per heavy atom. The van der Waals surface area contributed by atoms with Gasteiger partial charge in [0.1, 0.15) is 17.7 Å². The molecule has 5 atom stereocenters. The van der Waals surface area contributed by atoms with Crippen molar-refractivity contribution in [1.29, 1.82) is 0 Å². The number of aliphatic hydroxyl groups is 1. The van der Waals surface area contributed by atoms with Gasteiger partial charge in [0.2, 0.25) is 10.9 Å². The molecule has 1 aromatic carbocycles. The van der Waals surface area contributed by atoms with Gasteiger partial charge in [0.15, 0.2) is 23.9 Å². The maximum atomic E-state index is 15.3. The fourth-order valence-corrected chi connectivity index (χ4v) is 5.15. The first-order chi connectivity index (χ1) is 18.6. The van der Waals surface area contributed by atoms with Crippen LogP contribution in [0.3, 0.4) is 0 Å². The number of alkyl halides is 1. The van der Waals surface area contributed by atoms with E-state index in [9.17, 15) is 24.9 Å². The fourth-order valence-electron chi connectivity index (χ4n) is 4.36. The van der Waals surface area contributed by atoms with Crippen molar-refractivity contribution in [3.05, 3.63) is 63.6 Å². The number of aliphatic carboxylic acids is 1. The number of thiazole rings is 1. The second-order valence-corrected chi connectivity index (χ2v) is 9.76. The fraction of sp³-hybridized carbons (Fsp3) is 0.304. The van der Waals surface area contributed by atoms with Crippen LogP contribution >= 0.6 is 22.9 Å². The average molecular weight is 579 g/mol. The van der Waals surface area contributed by atoms with Crippen molar-refractivity contribution in [1.82, 2.24) is 24.5 Å². The molecule has 1 saturated heterocycles. The SMILES string of the molecule is Nc1nc(Cl)nc2c1ncn2[C@@H]1O[C@H](COC(Cc2cccc(C(=O)O)c2)(C(=O)O)c2cscn2)[C@@H](O)[C@@H]1F. The first kappa shape index (κ1) is 26.8. The number of nitrogens with zero attached hydrogens (tertiary/aromatic N) is 5. The summed E-state index contributed by atoms with van der Waals surface area (Å²) in [4.78, 5) is 40.1. The van der Waals surface area contributed by atoms with Crippen LogP contribution in [0.1, 0.15) is 27.8 Å². The van der Waals surface area contributed by atoms with Gasteiger partial charge in [-0.25, -0.2) is 23.9 Å². The molecule has 1 unspecified atom stereocenters. The number of fused-ring (bicyclic) bond motifs is 1. The Morgan fingerprint density at radius 3 is 2.77 bits per heavy atom. The smallest absolute Gasteiger partial charge is 0.342 e. The van der Waals surface area contributed by atoms with Crippen LogP contribution in [0.5, 0.6) is 0 Å². The summed E-state index contributed by atoms with van der Waals surface area (Å²) in [6, 6.07) is 5.73. The minimum absolute atomic E-state index is 0.0286. The Balaban J connectivity index is 1.43. The molecule has 0 aliphatic carbocycles. The molecule has 1 aliphatic rings. The number of nitrogens with two attached hydrogens (primary N) is 1. The maximum absolute atomic E-state index is 15.3. The second kappa shape index (κ2) is 10.4. The van der Waals surface area contributed by atoms with Crippen molar-refractivity contribution in [2.75, 3.05) is 12.3 Å². The molecule has 0 spiro atoms. The van der Waals surface area contributed by atoms with Crippen LogP contribution in [0, 0.1) is 0 Å². The van der Waals surface area contributed by atoms with Crippen LogP contribution in [-0.2, 0) is 26.3 Å². The average Bonchev–Trinajstić information content (AvgIpc) is 3.63. The molecular formula is C23H20ClFN6O7S. The van der Waals surface area contributed by atoms with Gasteiger partial charge >= 0.3 is 11.9 Å². The van der Waals surface area contributed by atoms with E-state index in [0.29, 0.717) is 5.56 Å². The molecule has 3 aromatic heterocycles. The molecule has 13 nitrogen and oxygen atoms in total. The monoisotopic (exact) mass is 578 g/mol. The van der Waals surface area contributed by atoms with Gasteiger partial charge in [-0.1, -0.05) is 12.1 Å². The number of hydrogen-bond acceptors (Lipinski definition) is 11. The van der Waals surface area contributed by atoms with Gasteiger partial charge in [-0.3, -0.25) is 4.57 Å². The lowest BCUT2D eigenvalue weighted by atomic mass is 9.90. The predicted octanol–water partition coefficient (Wildman–Crippen LogP) is 2.05. The number of imidazole rings is 1. The van der Waals surface area contributed by atoms with Crippen molar-refractivity contribution < 1.29 is 38.8 Å². The number of rotatable bonds is 9. The van der Waals surface area contributed by atoms with Gasteiger partial charge in [0.05, 0.1) is 29.7 Å². The second-order valence-electron chi connectivity index (χ2n) is 8.70. The zero-order chi connectivity index (χ0) is 27.9. The summed E-state index contributed by atoms with van der Waals surface area (Å²) in [5.74, 6) is -2.63. The standard InChI is InChI=1S/C23H20ClFN6O7S/c24-22-29-17(26)15-18(30-22)31(8-27-15)19-14(25)16(32)12(38-19)6-37-23(21(35)36,13-7-39-9-28-13)5-10-2-1-3-11(4-10)20(33)34/h1-4,7-9,12,14,16,19,32H,5-6H2,(H,33,34)(H,35,36)(H2,26,29,30)/t12-,14+,16-,19-,23?/m1/s1. The highest BCUT2D eigenvalue weighted by molar-refractivity contribution is 7.07. The summed E-state index contributed by atoms with van der Waals surface area (Å²) in [6.45, 7) is -0.551. The summed E-state index contributed by atoms with van der Waals surface area (Å²) in [5, 5.41) is 31.5. The van der Waals surface area contributed by atoms with Crippen LogP contribution < -0.4 is 5.73 Å². The lowest BCUT2D eigenvalue weighted by Crippen LogP contribution is -2.44. The maximum Gasteiger partial charge on any atom is 0.342 e. The third-order valence-electron chi connectivity index (χ3n) is 6.30. The van der Waals surface area contributed by atoms with Gasteiger partial charge < -0.3 is 30.5 Å². The number of hydrogen-bond donors (Lipinski definition) is 4. The molecule has 0 bridgehead atoms. The molecule has 4 heterocycles. The van der Waals surface area contributed by atoms with E-state index in [2.05, 4.69) is 19.9 Å². The van der Waals surface area contributed by atoms with Crippen molar-refractivity contribution in [2.24, 2.45) is 0 Å². The lowest BCUT2D eigenvalue weighted by molar-refractivity contribution is -0.177. The van der Waals surface area contributed by atoms with Gasteiger partial charge in [0.25, 0.3) is 0 Å². The molecule has 204 valence electrons. The highest BCUT2D eigenvalue weighted by Crippen LogP contribution is 2.37. The number of carbonyl (C=O) groups is 2. The molecule has 5 rings (SSSR count). The van der Waals surface area contributed by atoms with Gasteiger partial charge in [-0.15, -0.1) is 11.3 Å². The third-order valence-corrected chi connectivity index (χ3v) is 7.06. The number of benzene rings is 1. The number of ether oxygens (including phenoxy) is 2. The zero-order valence-electron chi connectivity index (χ0n) is 19.7. The zero-order valence-corrected chi connectivity index (χ0v) is 21.3. The predicted molar refractivity (Wildman–Crippen MR) is 134 cm³/mol. The Labute approximate surface area is 227 Å². The Morgan fingerprint density at radius 1 is 1.28 bits per heavy atom. The number of carboxylic acids is 2. The normalized spacial score (nSPS) is 22.6. The molecule has 4 aromatic rings. The molecular weight excluding hydrogens is 559 g/mol. The minimum atomic E-state index is -2.10. The van der Waals surface area contributed by atoms with Crippen LogP contribution in [0.2, 0.25) is 5.28 Å². The summed E-state index contributed by atoms with van der Waals surface area (Å²) in [6.07, 6.45) is -5.49. The Hall–Kier alpha value is -3.76. The summed E-state index contributed by atoms with van der Waals surface area (Å²) in [5.41, 5.74) is 5.71. The highest BCUT2D eigenvalue weighted by atomic mass is 35.5. The number of halogens is 2. The number of anilines is 1. The number of aromatic nitrogens is 5.